The average Bonchev–Trinajstić information content (AvgIpc) is 3.21. The molecule has 0 saturated carbocycles. The molecular formula is C20H21NO6. The Bertz CT molecular complexity index is 897. The van der Waals surface area contributed by atoms with E-state index >= 15 is 0 Å². The molecule has 1 amide bonds. The van der Waals surface area contributed by atoms with Crippen molar-refractivity contribution in [1.29, 1.82) is 0 Å². The standard InChI is InChI=1S/C20H21NO6/c1-12-7-8-15(27-12)17-16(19(23)20(24)21(17)9-10-25-2)18(22)13-5-4-6-14(11-13)26-3/h4-8,11,17,22H,9-10H2,1-3H3/b18-16-. The van der Waals surface area contributed by atoms with Gasteiger partial charge in [0, 0.05) is 19.2 Å². The fraction of sp³-hybridized carbons (Fsp3) is 0.300. The SMILES string of the molecule is COCCN1C(=O)C(=O)/C(=C(\O)c2cccc(OC)c2)C1c1ccc(C)o1. The van der Waals surface area contributed by atoms with Gasteiger partial charge in [0.2, 0.25) is 0 Å². The summed E-state index contributed by atoms with van der Waals surface area (Å²) in [5.41, 5.74) is 0.367. The molecule has 0 bridgehead atoms. The first kappa shape index (κ1) is 18.7. The monoisotopic (exact) mass is 371 g/mol. The number of ether oxygens (including phenoxy) is 2. The summed E-state index contributed by atoms with van der Waals surface area (Å²) in [4.78, 5) is 26.7. The quantitative estimate of drug-likeness (QED) is 0.477. The van der Waals surface area contributed by atoms with Crippen LogP contribution in [0.25, 0.3) is 5.76 Å². The number of furan rings is 1. The van der Waals surface area contributed by atoms with Crippen LogP contribution in [0.4, 0.5) is 0 Å². The maximum Gasteiger partial charge on any atom is 0.295 e. The van der Waals surface area contributed by atoms with Gasteiger partial charge in [-0.1, -0.05) is 12.1 Å². The molecule has 1 atom stereocenters. The molecule has 0 radical (unpaired) electrons. The minimum absolute atomic E-state index is 0.0151. The molecule has 2 heterocycles. The summed E-state index contributed by atoms with van der Waals surface area (Å²) in [6.45, 7) is 2.22. The molecule has 0 spiro atoms. The van der Waals surface area contributed by atoms with E-state index in [2.05, 4.69) is 0 Å². The summed E-state index contributed by atoms with van der Waals surface area (Å²) < 4.78 is 15.9. The number of aryl methyl sites for hydroxylation is 1. The van der Waals surface area contributed by atoms with E-state index in [-0.39, 0.29) is 24.5 Å². The number of aliphatic hydroxyl groups excluding tert-OH is 1. The molecule has 27 heavy (non-hydrogen) atoms. The molecule has 7 nitrogen and oxygen atoms in total. The van der Waals surface area contributed by atoms with Crippen LogP contribution in [0.2, 0.25) is 0 Å². The normalized spacial score (nSPS) is 18.9. The molecule has 1 fully saturated rings. The molecule has 7 heteroatoms. The van der Waals surface area contributed by atoms with Crippen LogP contribution in [0, 0.1) is 6.92 Å². The molecule has 1 aromatic carbocycles. The second-order valence-electron chi connectivity index (χ2n) is 6.17. The lowest BCUT2D eigenvalue weighted by atomic mass is 9.99. The summed E-state index contributed by atoms with van der Waals surface area (Å²) in [5.74, 6) is -0.152. The van der Waals surface area contributed by atoms with Gasteiger partial charge in [-0.05, 0) is 31.2 Å². The van der Waals surface area contributed by atoms with E-state index in [9.17, 15) is 14.7 Å². The van der Waals surface area contributed by atoms with Crippen LogP contribution >= 0.6 is 0 Å². The number of carbonyl (C=O) groups excluding carboxylic acids is 2. The minimum atomic E-state index is -0.819. The van der Waals surface area contributed by atoms with Crippen molar-refractivity contribution in [1.82, 2.24) is 4.90 Å². The molecule has 1 N–H and O–H groups in total. The third-order valence-corrected chi connectivity index (χ3v) is 4.45. The smallest absolute Gasteiger partial charge is 0.295 e. The lowest BCUT2D eigenvalue weighted by Gasteiger charge is -2.22. The van der Waals surface area contributed by atoms with Crippen molar-refractivity contribution in [3.63, 3.8) is 0 Å². The number of carbonyl (C=O) groups is 2. The zero-order valence-corrected chi connectivity index (χ0v) is 15.4. The van der Waals surface area contributed by atoms with E-state index in [4.69, 9.17) is 13.9 Å². The van der Waals surface area contributed by atoms with E-state index in [1.54, 1.807) is 43.3 Å². The Morgan fingerprint density at radius 2 is 2.00 bits per heavy atom. The van der Waals surface area contributed by atoms with Gasteiger partial charge in [0.05, 0.1) is 19.3 Å². The Balaban J connectivity index is 2.14. The van der Waals surface area contributed by atoms with E-state index in [1.165, 1.54) is 19.1 Å². The van der Waals surface area contributed by atoms with E-state index in [0.717, 1.165) is 0 Å². The van der Waals surface area contributed by atoms with Crippen molar-refractivity contribution in [2.24, 2.45) is 0 Å². The highest BCUT2D eigenvalue weighted by atomic mass is 16.5. The Morgan fingerprint density at radius 3 is 2.63 bits per heavy atom. The Kier molecular flexibility index (Phi) is 5.32. The predicted octanol–water partition coefficient (Wildman–Crippen LogP) is 2.66. The van der Waals surface area contributed by atoms with Crippen LogP contribution < -0.4 is 4.74 Å². The van der Waals surface area contributed by atoms with Crippen LogP contribution in [-0.4, -0.2) is 49.1 Å². The summed E-state index contributed by atoms with van der Waals surface area (Å²) in [6, 6.07) is 9.29. The number of nitrogens with zero attached hydrogens (tertiary/aromatic N) is 1. The number of benzene rings is 1. The van der Waals surface area contributed by atoms with Gasteiger partial charge in [-0.2, -0.15) is 0 Å². The number of likely N-dealkylation sites (tertiary alicyclic amines) is 1. The van der Waals surface area contributed by atoms with E-state index < -0.39 is 17.7 Å². The Hall–Kier alpha value is -3.06. The molecular weight excluding hydrogens is 350 g/mol. The third kappa shape index (κ3) is 3.46. The maximum absolute atomic E-state index is 12.7. The fourth-order valence-electron chi connectivity index (χ4n) is 3.12. The largest absolute Gasteiger partial charge is 0.507 e. The first-order chi connectivity index (χ1) is 13.0. The topological polar surface area (TPSA) is 89.2 Å². The second-order valence-corrected chi connectivity index (χ2v) is 6.17. The minimum Gasteiger partial charge on any atom is -0.507 e. The van der Waals surface area contributed by atoms with Crippen molar-refractivity contribution in [3.8, 4) is 5.75 Å². The number of Topliss-reactive ketones (excluding diaryl/α,β-unsaturated/α-hetero) is 1. The number of methoxy groups -OCH3 is 2. The van der Waals surface area contributed by atoms with Crippen molar-refractivity contribution in [2.45, 2.75) is 13.0 Å². The summed E-state index contributed by atoms with van der Waals surface area (Å²) in [6.07, 6.45) is 0. The van der Waals surface area contributed by atoms with Gasteiger partial charge in [-0.3, -0.25) is 9.59 Å². The molecule has 1 aliphatic rings. The van der Waals surface area contributed by atoms with Crippen LogP contribution in [0.3, 0.4) is 0 Å². The van der Waals surface area contributed by atoms with Gasteiger partial charge < -0.3 is 23.9 Å². The molecule has 1 aromatic heterocycles. The van der Waals surface area contributed by atoms with Crippen LogP contribution in [0.5, 0.6) is 5.75 Å². The number of ketones is 1. The number of amides is 1. The van der Waals surface area contributed by atoms with Gasteiger partial charge in [0.1, 0.15) is 29.1 Å². The van der Waals surface area contributed by atoms with Gasteiger partial charge in [0.15, 0.2) is 0 Å². The highest BCUT2D eigenvalue weighted by Gasteiger charge is 2.47. The fourth-order valence-corrected chi connectivity index (χ4v) is 3.12. The lowest BCUT2D eigenvalue weighted by molar-refractivity contribution is -0.140. The van der Waals surface area contributed by atoms with E-state index in [0.29, 0.717) is 22.8 Å². The lowest BCUT2D eigenvalue weighted by Crippen LogP contribution is -2.32. The highest BCUT2D eigenvalue weighted by molar-refractivity contribution is 6.46. The van der Waals surface area contributed by atoms with Gasteiger partial charge in [-0.25, -0.2) is 0 Å². The zero-order chi connectivity index (χ0) is 19.6. The molecule has 142 valence electrons. The summed E-state index contributed by atoms with van der Waals surface area (Å²) in [7, 11) is 3.02. The molecule has 1 aliphatic heterocycles. The molecule has 0 aliphatic carbocycles. The van der Waals surface area contributed by atoms with Crippen molar-refractivity contribution in [3.05, 3.63) is 59.1 Å². The molecule has 2 aromatic rings. The van der Waals surface area contributed by atoms with Crippen molar-refractivity contribution in [2.75, 3.05) is 27.4 Å². The van der Waals surface area contributed by atoms with Crippen molar-refractivity contribution >= 4 is 17.4 Å². The first-order valence-electron chi connectivity index (χ1n) is 8.46. The number of rotatable bonds is 6. The highest BCUT2D eigenvalue weighted by Crippen LogP contribution is 2.40. The Morgan fingerprint density at radius 1 is 1.22 bits per heavy atom. The van der Waals surface area contributed by atoms with E-state index in [1.807, 2.05) is 0 Å². The van der Waals surface area contributed by atoms with Gasteiger partial charge in [0.25, 0.3) is 11.7 Å². The van der Waals surface area contributed by atoms with Crippen LogP contribution in [0.15, 0.2) is 46.4 Å². The van der Waals surface area contributed by atoms with Gasteiger partial charge >= 0.3 is 0 Å². The summed E-state index contributed by atoms with van der Waals surface area (Å²) in [5, 5.41) is 10.9. The predicted molar refractivity (Wildman–Crippen MR) is 97.3 cm³/mol. The Labute approximate surface area is 156 Å². The van der Waals surface area contributed by atoms with Crippen molar-refractivity contribution < 1.29 is 28.6 Å². The molecule has 3 rings (SSSR count). The zero-order valence-electron chi connectivity index (χ0n) is 15.4. The molecule has 1 unspecified atom stereocenters. The molecule has 1 saturated heterocycles. The van der Waals surface area contributed by atoms with Crippen LogP contribution in [-0.2, 0) is 14.3 Å². The first-order valence-corrected chi connectivity index (χ1v) is 8.46. The average molecular weight is 371 g/mol. The maximum atomic E-state index is 12.7. The third-order valence-electron chi connectivity index (χ3n) is 4.45. The van der Waals surface area contributed by atoms with Gasteiger partial charge in [-0.15, -0.1) is 0 Å². The second kappa shape index (κ2) is 7.67. The summed E-state index contributed by atoms with van der Waals surface area (Å²) >= 11 is 0. The number of aliphatic hydroxyl groups is 1. The van der Waals surface area contributed by atoms with Crippen LogP contribution in [0.1, 0.15) is 23.1 Å². The number of hydrogen-bond acceptors (Lipinski definition) is 6. The number of hydrogen-bond donors (Lipinski definition) is 1.